The summed E-state index contributed by atoms with van der Waals surface area (Å²) in [6.07, 6.45) is 0. The molecule has 0 amide bonds. The van der Waals surface area contributed by atoms with Gasteiger partial charge in [0.15, 0.2) is 11.2 Å². The van der Waals surface area contributed by atoms with Gasteiger partial charge in [-0.25, -0.2) is 4.79 Å². The van der Waals surface area contributed by atoms with E-state index in [0.717, 1.165) is 11.0 Å². The minimum atomic E-state index is -0.715. The third kappa shape index (κ3) is 2.09. The SMILES string of the molecule is CC(C)n1c2ccccc2oc(=O)oc2ccccc21. The zero-order valence-electron chi connectivity index (χ0n) is 11.4. The normalized spacial score (nSPS) is 11.2. The molecule has 0 spiro atoms. The number of benzene rings is 2. The Bertz CT molecular complexity index is 801. The topological polar surface area (TPSA) is 48.3 Å². The fourth-order valence-electron chi connectivity index (χ4n) is 2.37. The minimum Gasteiger partial charge on any atom is -0.392 e. The molecule has 3 rings (SSSR count). The maximum atomic E-state index is 11.8. The first kappa shape index (κ1) is 12.5. The highest BCUT2D eigenvalue weighted by atomic mass is 16.5. The lowest BCUT2D eigenvalue weighted by Gasteiger charge is -2.15. The summed E-state index contributed by atoms with van der Waals surface area (Å²) >= 11 is 0. The first-order valence-corrected chi connectivity index (χ1v) is 6.54. The summed E-state index contributed by atoms with van der Waals surface area (Å²) in [6.45, 7) is 4.16. The maximum absolute atomic E-state index is 11.8. The molecule has 2 aromatic carbocycles. The fourth-order valence-corrected chi connectivity index (χ4v) is 2.37. The van der Waals surface area contributed by atoms with E-state index in [1.54, 1.807) is 12.1 Å². The van der Waals surface area contributed by atoms with Gasteiger partial charge in [-0.2, -0.15) is 0 Å². The van der Waals surface area contributed by atoms with Crippen LogP contribution in [0.1, 0.15) is 19.9 Å². The number of fused-ring (bicyclic) bond motifs is 2. The molecular formula is C16H15NO3. The Hall–Kier alpha value is -2.49. The van der Waals surface area contributed by atoms with Crippen molar-refractivity contribution in [1.82, 2.24) is 4.57 Å². The molecule has 4 heteroatoms. The number of para-hydroxylation sites is 4. The molecule has 1 aromatic heterocycles. The van der Waals surface area contributed by atoms with Crippen molar-refractivity contribution in [3.05, 3.63) is 59.1 Å². The Balaban J connectivity index is 2.68. The van der Waals surface area contributed by atoms with E-state index in [4.69, 9.17) is 8.83 Å². The van der Waals surface area contributed by atoms with Gasteiger partial charge in [-0.15, -0.1) is 0 Å². The number of hydrogen-bond acceptors (Lipinski definition) is 3. The Morgan fingerprint density at radius 1 is 0.850 bits per heavy atom. The number of rotatable bonds is 1. The standard InChI is InChI=1S/C16H15NO3/c1-11(2)17-12-7-3-5-9-14(12)19-16(18)20-15-10-6-4-8-13(15)17/h3-11H,1-2H3. The summed E-state index contributed by atoms with van der Waals surface area (Å²) in [5, 5.41) is 0. The predicted molar refractivity (Wildman–Crippen MR) is 78.3 cm³/mol. The number of nitrogens with zero attached hydrogens (tertiary/aromatic N) is 1. The molecule has 0 aliphatic carbocycles. The van der Waals surface area contributed by atoms with Crippen molar-refractivity contribution in [2.75, 3.05) is 0 Å². The van der Waals surface area contributed by atoms with Crippen LogP contribution in [0.4, 0.5) is 0 Å². The van der Waals surface area contributed by atoms with Crippen LogP contribution in [-0.2, 0) is 0 Å². The van der Waals surface area contributed by atoms with Gasteiger partial charge in [0.1, 0.15) is 0 Å². The van der Waals surface area contributed by atoms with Crippen LogP contribution in [-0.4, -0.2) is 4.57 Å². The highest BCUT2D eigenvalue weighted by Crippen LogP contribution is 2.21. The van der Waals surface area contributed by atoms with Gasteiger partial charge >= 0.3 is 5.82 Å². The molecule has 0 saturated carbocycles. The summed E-state index contributed by atoms with van der Waals surface area (Å²) < 4.78 is 12.6. The van der Waals surface area contributed by atoms with Gasteiger partial charge in [-0.3, -0.25) is 0 Å². The third-order valence-electron chi connectivity index (χ3n) is 3.15. The summed E-state index contributed by atoms with van der Waals surface area (Å²) in [5.41, 5.74) is 2.71. The van der Waals surface area contributed by atoms with Gasteiger partial charge in [0, 0.05) is 6.04 Å². The van der Waals surface area contributed by atoms with E-state index in [9.17, 15) is 4.79 Å². The van der Waals surface area contributed by atoms with E-state index in [2.05, 4.69) is 18.4 Å². The lowest BCUT2D eigenvalue weighted by atomic mass is 10.2. The minimum absolute atomic E-state index is 0.192. The van der Waals surface area contributed by atoms with Crippen LogP contribution in [0.3, 0.4) is 0 Å². The van der Waals surface area contributed by atoms with E-state index in [0.29, 0.717) is 11.2 Å². The molecular weight excluding hydrogens is 254 g/mol. The van der Waals surface area contributed by atoms with Crippen molar-refractivity contribution in [2.45, 2.75) is 19.9 Å². The second-order valence-corrected chi connectivity index (χ2v) is 4.85. The lowest BCUT2D eigenvalue weighted by molar-refractivity contribution is 0.372. The first-order valence-electron chi connectivity index (χ1n) is 6.54. The summed E-state index contributed by atoms with van der Waals surface area (Å²) in [4.78, 5) is 11.8. The Kier molecular flexibility index (Phi) is 3.06. The van der Waals surface area contributed by atoms with E-state index in [1.165, 1.54) is 0 Å². The fraction of sp³-hybridized carbons (Fsp3) is 0.188. The van der Waals surface area contributed by atoms with E-state index >= 15 is 0 Å². The quantitative estimate of drug-likeness (QED) is 0.669. The highest BCUT2D eigenvalue weighted by Gasteiger charge is 2.08. The molecule has 0 radical (unpaired) electrons. The monoisotopic (exact) mass is 269 g/mol. The molecule has 0 N–H and O–H groups in total. The van der Waals surface area contributed by atoms with Crippen molar-refractivity contribution < 1.29 is 8.83 Å². The van der Waals surface area contributed by atoms with Crippen LogP contribution in [0.5, 0.6) is 0 Å². The molecule has 20 heavy (non-hydrogen) atoms. The zero-order chi connectivity index (χ0) is 14.1. The van der Waals surface area contributed by atoms with Crippen LogP contribution in [0, 0.1) is 0 Å². The first-order chi connectivity index (χ1) is 9.66. The predicted octanol–water partition coefficient (Wildman–Crippen LogP) is 4.05. The number of aromatic nitrogens is 1. The van der Waals surface area contributed by atoms with Crippen LogP contribution < -0.4 is 5.82 Å². The molecule has 0 unspecified atom stereocenters. The Morgan fingerprint density at radius 2 is 1.30 bits per heavy atom. The second kappa shape index (κ2) is 4.89. The van der Waals surface area contributed by atoms with Crippen molar-refractivity contribution in [2.24, 2.45) is 0 Å². The molecule has 4 nitrogen and oxygen atoms in total. The van der Waals surface area contributed by atoms with Gasteiger partial charge < -0.3 is 13.4 Å². The lowest BCUT2D eigenvalue weighted by Crippen LogP contribution is -2.05. The largest absolute Gasteiger partial charge is 0.519 e. The smallest absolute Gasteiger partial charge is 0.392 e. The van der Waals surface area contributed by atoms with Gasteiger partial charge in [-0.05, 0) is 38.1 Å². The zero-order valence-corrected chi connectivity index (χ0v) is 11.4. The maximum Gasteiger partial charge on any atom is 0.519 e. The molecule has 0 aliphatic heterocycles. The van der Waals surface area contributed by atoms with Crippen LogP contribution in [0.15, 0.2) is 62.2 Å². The average molecular weight is 269 g/mol. The van der Waals surface area contributed by atoms with Crippen molar-refractivity contribution >= 4 is 22.2 Å². The highest BCUT2D eigenvalue weighted by molar-refractivity contribution is 5.80. The van der Waals surface area contributed by atoms with E-state index < -0.39 is 5.82 Å². The van der Waals surface area contributed by atoms with Gasteiger partial charge in [-0.1, -0.05) is 24.3 Å². The van der Waals surface area contributed by atoms with Gasteiger partial charge in [0.25, 0.3) is 0 Å². The van der Waals surface area contributed by atoms with Crippen molar-refractivity contribution in [3.8, 4) is 0 Å². The molecule has 0 atom stereocenters. The van der Waals surface area contributed by atoms with Gasteiger partial charge in [0.05, 0.1) is 11.0 Å². The summed E-state index contributed by atoms with van der Waals surface area (Å²) in [5.74, 6) is -0.715. The van der Waals surface area contributed by atoms with Crippen LogP contribution in [0.2, 0.25) is 0 Å². The van der Waals surface area contributed by atoms with Crippen LogP contribution in [0.25, 0.3) is 22.2 Å². The third-order valence-corrected chi connectivity index (χ3v) is 3.15. The summed E-state index contributed by atoms with van der Waals surface area (Å²) in [6, 6.07) is 15.1. The van der Waals surface area contributed by atoms with Gasteiger partial charge in [0.2, 0.25) is 0 Å². The average Bonchev–Trinajstić information content (AvgIpc) is 2.40. The molecule has 0 bridgehead atoms. The second-order valence-electron chi connectivity index (χ2n) is 4.85. The van der Waals surface area contributed by atoms with Crippen LogP contribution >= 0.6 is 0 Å². The Labute approximate surface area is 115 Å². The Morgan fingerprint density at radius 3 is 1.75 bits per heavy atom. The van der Waals surface area contributed by atoms with E-state index in [-0.39, 0.29) is 6.04 Å². The molecule has 0 saturated heterocycles. The van der Waals surface area contributed by atoms with Crippen molar-refractivity contribution in [1.29, 1.82) is 0 Å². The summed E-state index contributed by atoms with van der Waals surface area (Å²) in [7, 11) is 0. The molecule has 1 heterocycles. The molecule has 0 aliphatic rings. The number of hydrogen-bond donors (Lipinski definition) is 0. The van der Waals surface area contributed by atoms with E-state index in [1.807, 2.05) is 36.4 Å². The molecule has 0 fully saturated rings. The van der Waals surface area contributed by atoms with Crippen molar-refractivity contribution in [3.63, 3.8) is 0 Å². The molecule has 3 aromatic rings. The molecule has 102 valence electrons.